The van der Waals surface area contributed by atoms with E-state index in [0.717, 1.165) is 0 Å². The summed E-state index contributed by atoms with van der Waals surface area (Å²) in [4.78, 5) is 35.5. The molecular weight excluding hydrogens is 224 g/mol. The third-order valence-corrected chi connectivity index (χ3v) is 2.92. The van der Waals surface area contributed by atoms with Crippen molar-refractivity contribution in [3.8, 4) is 0 Å². The molecule has 2 amide bonds. The Bertz CT molecular complexity index is 351. The lowest BCUT2D eigenvalue weighted by Crippen LogP contribution is -2.60. The summed E-state index contributed by atoms with van der Waals surface area (Å²) in [5, 5.41) is 11.3. The van der Waals surface area contributed by atoms with Gasteiger partial charge in [0.15, 0.2) is 0 Å². The van der Waals surface area contributed by atoms with Crippen molar-refractivity contribution in [2.24, 2.45) is 5.41 Å². The fraction of sp³-hybridized carbons (Fsp3) is 0.727. The van der Waals surface area contributed by atoms with Crippen LogP contribution in [0.4, 0.5) is 0 Å². The maximum absolute atomic E-state index is 11.6. The molecule has 6 nitrogen and oxygen atoms in total. The first-order valence-corrected chi connectivity index (χ1v) is 5.59. The van der Waals surface area contributed by atoms with E-state index in [2.05, 4.69) is 5.32 Å². The molecule has 0 bridgehead atoms. The van der Waals surface area contributed by atoms with Gasteiger partial charge in [0, 0.05) is 6.54 Å². The van der Waals surface area contributed by atoms with Gasteiger partial charge in [-0.1, -0.05) is 6.92 Å². The van der Waals surface area contributed by atoms with Crippen molar-refractivity contribution in [2.75, 3.05) is 13.1 Å². The van der Waals surface area contributed by atoms with Gasteiger partial charge in [-0.3, -0.25) is 24.6 Å². The number of carbonyl (C=O) groups is 3. The minimum atomic E-state index is -0.981. The number of carbonyl (C=O) groups excluding carboxylic acids is 2. The number of piperazine rings is 1. The van der Waals surface area contributed by atoms with E-state index in [-0.39, 0.29) is 24.9 Å². The van der Waals surface area contributed by atoms with Crippen LogP contribution in [-0.4, -0.2) is 46.9 Å². The highest BCUT2D eigenvalue weighted by molar-refractivity contribution is 6.01. The number of imide groups is 1. The van der Waals surface area contributed by atoms with E-state index >= 15 is 0 Å². The molecule has 1 atom stereocenters. The molecule has 1 fully saturated rings. The second kappa shape index (κ2) is 4.83. The molecule has 0 spiro atoms. The Morgan fingerprint density at radius 3 is 2.59 bits per heavy atom. The van der Waals surface area contributed by atoms with Crippen LogP contribution in [0.5, 0.6) is 0 Å². The highest BCUT2D eigenvalue weighted by Crippen LogP contribution is 2.21. The number of hydrogen-bond donors (Lipinski definition) is 2. The lowest BCUT2D eigenvalue weighted by Gasteiger charge is -2.37. The van der Waals surface area contributed by atoms with Gasteiger partial charge >= 0.3 is 5.97 Å². The van der Waals surface area contributed by atoms with Gasteiger partial charge in [0.05, 0.1) is 18.0 Å². The van der Waals surface area contributed by atoms with Crippen LogP contribution in [0.1, 0.15) is 27.2 Å². The van der Waals surface area contributed by atoms with Gasteiger partial charge < -0.3 is 5.11 Å². The monoisotopic (exact) mass is 242 g/mol. The van der Waals surface area contributed by atoms with E-state index in [4.69, 9.17) is 5.11 Å². The number of aliphatic carboxylic acids is 1. The van der Waals surface area contributed by atoms with E-state index in [1.165, 1.54) is 0 Å². The largest absolute Gasteiger partial charge is 0.481 e. The van der Waals surface area contributed by atoms with Crippen molar-refractivity contribution in [1.82, 2.24) is 10.2 Å². The summed E-state index contributed by atoms with van der Waals surface area (Å²) in [5.41, 5.74) is -0.981. The molecule has 1 aliphatic rings. The average molecular weight is 242 g/mol. The van der Waals surface area contributed by atoms with Gasteiger partial charge in [-0.05, 0) is 20.3 Å². The average Bonchev–Trinajstić information content (AvgIpc) is 2.15. The Balaban J connectivity index is 2.83. The molecule has 6 heteroatoms. The lowest BCUT2D eigenvalue weighted by molar-refractivity contribution is -0.152. The molecule has 0 saturated carbocycles. The van der Waals surface area contributed by atoms with Crippen molar-refractivity contribution in [3.05, 3.63) is 0 Å². The third-order valence-electron chi connectivity index (χ3n) is 2.92. The van der Waals surface area contributed by atoms with Crippen LogP contribution in [0.2, 0.25) is 0 Å². The molecule has 17 heavy (non-hydrogen) atoms. The first-order chi connectivity index (χ1) is 7.77. The zero-order chi connectivity index (χ0) is 13.2. The van der Waals surface area contributed by atoms with Crippen LogP contribution in [0.15, 0.2) is 0 Å². The van der Waals surface area contributed by atoms with Crippen molar-refractivity contribution < 1.29 is 19.5 Å². The van der Waals surface area contributed by atoms with Gasteiger partial charge in [0.25, 0.3) is 0 Å². The highest BCUT2D eigenvalue weighted by atomic mass is 16.4. The number of carboxylic acids is 1. The van der Waals surface area contributed by atoms with Crippen LogP contribution >= 0.6 is 0 Å². The molecular formula is C11H18N2O4. The molecule has 96 valence electrons. The highest BCUT2D eigenvalue weighted by Gasteiger charge is 2.38. The predicted molar refractivity (Wildman–Crippen MR) is 60.2 cm³/mol. The van der Waals surface area contributed by atoms with E-state index in [1.807, 2.05) is 6.92 Å². The van der Waals surface area contributed by atoms with E-state index in [9.17, 15) is 14.4 Å². The minimum absolute atomic E-state index is 0.0704. The summed E-state index contributed by atoms with van der Waals surface area (Å²) < 4.78 is 0. The molecule has 0 aromatic heterocycles. The summed E-state index contributed by atoms with van der Waals surface area (Å²) in [6, 6.07) is -0.425. The molecule has 1 rings (SSSR count). The second-order valence-corrected chi connectivity index (χ2v) is 4.93. The fourth-order valence-corrected chi connectivity index (χ4v) is 1.91. The van der Waals surface area contributed by atoms with Crippen LogP contribution in [0.25, 0.3) is 0 Å². The van der Waals surface area contributed by atoms with Crippen LogP contribution < -0.4 is 5.32 Å². The maximum Gasteiger partial charge on any atom is 0.310 e. The Labute approximate surface area is 100.0 Å². The molecule has 1 aliphatic heterocycles. The number of nitrogens with one attached hydrogen (secondary N) is 1. The van der Waals surface area contributed by atoms with E-state index in [1.54, 1.807) is 18.7 Å². The fourth-order valence-electron chi connectivity index (χ4n) is 1.91. The first kappa shape index (κ1) is 13.6. The number of amides is 2. The Morgan fingerprint density at radius 2 is 2.12 bits per heavy atom. The quantitative estimate of drug-likeness (QED) is 0.669. The molecule has 0 aliphatic carbocycles. The van der Waals surface area contributed by atoms with E-state index < -0.39 is 17.4 Å². The first-order valence-electron chi connectivity index (χ1n) is 5.59. The summed E-state index contributed by atoms with van der Waals surface area (Å²) in [6.07, 6.45) is 0.550. The maximum atomic E-state index is 11.6. The summed E-state index contributed by atoms with van der Waals surface area (Å²) >= 11 is 0. The molecule has 1 saturated heterocycles. The lowest BCUT2D eigenvalue weighted by atomic mass is 9.91. The zero-order valence-electron chi connectivity index (χ0n) is 10.3. The van der Waals surface area contributed by atoms with Crippen molar-refractivity contribution in [3.63, 3.8) is 0 Å². The molecule has 0 radical (unpaired) electrons. The second-order valence-electron chi connectivity index (χ2n) is 4.93. The predicted octanol–water partition coefficient (Wildman–Crippen LogP) is -0.166. The topological polar surface area (TPSA) is 86.7 Å². The van der Waals surface area contributed by atoms with E-state index in [0.29, 0.717) is 6.42 Å². The van der Waals surface area contributed by atoms with Gasteiger partial charge in [0.2, 0.25) is 11.8 Å². The third kappa shape index (κ3) is 3.03. The number of hydrogen-bond acceptors (Lipinski definition) is 4. The summed E-state index contributed by atoms with van der Waals surface area (Å²) in [7, 11) is 0. The van der Waals surface area contributed by atoms with Crippen molar-refractivity contribution in [2.45, 2.75) is 33.2 Å². The number of nitrogens with zero attached hydrogens (tertiary/aromatic N) is 1. The van der Waals surface area contributed by atoms with Gasteiger partial charge in [-0.25, -0.2) is 0 Å². The van der Waals surface area contributed by atoms with Crippen LogP contribution in [0, 0.1) is 5.41 Å². The Morgan fingerprint density at radius 1 is 1.53 bits per heavy atom. The van der Waals surface area contributed by atoms with Crippen LogP contribution in [0.3, 0.4) is 0 Å². The van der Waals surface area contributed by atoms with Gasteiger partial charge in [0.1, 0.15) is 0 Å². The minimum Gasteiger partial charge on any atom is -0.481 e. The Hall–Kier alpha value is -1.43. The normalized spacial score (nSPS) is 22.4. The SMILES string of the molecule is CCC1C(=O)NC(=O)CN1CC(C)(C)C(=O)O. The van der Waals surface area contributed by atoms with Crippen molar-refractivity contribution >= 4 is 17.8 Å². The standard InChI is InChI=1S/C11H18N2O4/c1-4-7-9(15)12-8(14)5-13(7)6-11(2,3)10(16)17/h7H,4-6H2,1-3H3,(H,16,17)(H,12,14,15). The summed E-state index contributed by atoms with van der Waals surface area (Å²) in [6.45, 7) is 5.25. The van der Waals surface area contributed by atoms with Crippen molar-refractivity contribution in [1.29, 1.82) is 0 Å². The van der Waals surface area contributed by atoms with Gasteiger partial charge in [-0.2, -0.15) is 0 Å². The van der Waals surface area contributed by atoms with Crippen LogP contribution in [-0.2, 0) is 14.4 Å². The molecule has 1 heterocycles. The number of carboxylic acid groups (broad SMARTS) is 1. The summed E-state index contributed by atoms with van der Waals surface area (Å²) in [5.74, 6) is -1.66. The molecule has 0 aromatic carbocycles. The Kier molecular flexibility index (Phi) is 3.87. The molecule has 2 N–H and O–H groups in total. The molecule has 0 aromatic rings. The molecule has 1 unspecified atom stereocenters. The van der Waals surface area contributed by atoms with Gasteiger partial charge in [-0.15, -0.1) is 0 Å². The smallest absolute Gasteiger partial charge is 0.310 e. The zero-order valence-corrected chi connectivity index (χ0v) is 10.3. The number of rotatable bonds is 4.